The molecule has 2 aromatic carbocycles. The summed E-state index contributed by atoms with van der Waals surface area (Å²) >= 11 is 5.94. The van der Waals surface area contributed by atoms with Crippen molar-refractivity contribution in [2.24, 2.45) is 5.73 Å². The first-order valence-electron chi connectivity index (χ1n) is 14.3. The first-order valence-corrected chi connectivity index (χ1v) is 14.7. The molecule has 1 fully saturated rings. The number of halogens is 4. The molecular weight excluding hydrogens is 627 g/mol. The maximum Gasteiger partial charge on any atom is 0.410 e. The van der Waals surface area contributed by atoms with Gasteiger partial charge >= 0.3 is 6.18 Å². The number of alkyl halides is 3. The number of nitrogens with two attached hydrogens (primary N) is 1. The fraction of sp³-hybridized carbons (Fsp3) is 0.406. The third-order valence-electron chi connectivity index (χ3n) is 7.11. The molecule has 3 atom stereocenters. The Bertz CT molecular complexity index is 1480. The van der Waals surface area contributed by atoms with E-state index >= 15 is 0 Å². The lowest BCUT2D eigenvalue weighted by Crippen LogP contribution is -2.56. The highest BCUT2D eigenvalue weighted by Gasteiger charge is 2.53. The molecule has 3 unspecified atom stereocenters. The average molecular weight is 666 g/mol. The summed E-state index contributed by atoms with van der Waals surface area (Å²) in [6.45, 7) is 8.11. The number of benzene rings is 2. The summed E-state index contributed by atoms with van der Waals surface area (Å²) in [5.41, 5.74) is 7.25. The Morgan fingerprint density at radius 2 is 1.80 bits per heavy atom. The third-order valence-corrected chi connectivity index (χ3v) is 7.35. The summed E-state index contributed by atoms with van der Waals surface area (Å²) in [5.74, 6) is -1.34. The molecule has 1 aliphatic heterocycles. The Morgan fingerprint density at radius 1 is 1.15 bits per heavy atom. The lowest BCUT2D eigenvalue weighted by atomic mass is 10.0. The molecule has 0 bridgehead atoms. The number of likely N-dealkylation sites (tertiary alicyclic amines) is 1. The van der Waals surface area contributed by atoms with Gasteiger partial charge in [-0.15, -0.1) is 0 Å². The van der Waals surface area contributed by atoms with E-state index in [0.29, 0.717) is 45.2 Å². The fourth-order valence-corrected chi connectivity index (χ4v) is 5.19. The van der Waals surface area contributed by atoms with Gasteiger partial charge in [0.05, 0.1) is 12.1 Å². The van der Waals surface area contributed by atoms with E-state index in [1.54, 1.807) is 49.4 Å². The Morgan fingerprint density at radius 3 is 2.28 bits per heavy atom. The van der Waals surface area contributed by atoms with Crippen LogP contribution in [0.25, 0.3) is 0 Å². The number of nitrogens with one attached hydrogen (secondary N) is 2. The maximum atomic E-state index is 13.5. The molecular formula is C32H39ClF3N5O5. The highest BCUT2D eigenvalue weighted by Crippen LogP contribution is 2.41. The zero-order valence-corrected chi connectivity index (χ0v) is 27.2. The standard InChI is InChI=1S/C16H18ClF3N2O2.C16H21N3O3/c1-10(24)21(2)15(16(18,19)20)14-7-6-13(22(14)9-23)11-4-3-5-12(17)8-11;1-9(2)19-16(21)12-5-6-13(10(3)7-12)22-14(15(18)20)8-11(4)17/h3-5,8-9,13-15H,6-7H2,1-2H3;5-9,17H,1-4H3,(H2,18,20)(H,19,21)/b;14-8+,17-11?. The quantitative estimate of drug-likeness (QED) is 0.136. The second-order valence-electron chi connectivity index (χ2n) is 11.2. The van der Waals surface area contributed by atoms with Gasteiger partial charge in [0.1, 0.15) is 11.8 Å². The van der Waals surface area contributed by atoms with Crippen LogP contribution in [0.5, 0.6) is 5.75 Å². The minimum atomic E-state index is -4.63. The zero-order chi connectivity index (χ0) is 34.9. The number of aryl methyl sites for hydroxylation is 1. The van der Waals surface area contributed by atoms with Gasteiger partial charge in [-0.25, -0.2) is 0 Å². The summed E-state index contributed by atoms with van der Waals surface area (Å²) in [4.78, 5) is 48.1. The Kier molecular flexibility index (Phi) is 13.4. The molecule has 4 amide bonds. The summed E-state index contributed by atoms with van der Waals surface area (Å²) in [6.07, 6.45) is -2.42. The van der Waals surface area contributed by atoms with Crippen LogP contribution in [0.3, 0.4) is 0 Å². The van der Waals surface area contributed by atoms with Crippen LogP contribution in [0.4, 0.5) is 13.2 Å². The SMILES string of the molecule is CC(=N)/C=C(/Oc1ccc(C(=O)NC(C)C)cc1C)C(N)=O.CC(=O)N(C)C(C1CCC(c2cccc(Cl)c2)N1C=O)C(F)(F)F. The van der Waals surface area contributed by atoms with Crippen LogP contribution >= 0.6 is 11.6 Å². The van der Waals surface area contributed by atoms with Gasteiger partial charge in [-0.2, -0.15) is 13.2 Å². The molecule has 14 heteroatoms. The molecule has 0 saturated carbocycles. The van der Waals surface area contributed by atoms with E-state index in [0.717, 1.165) is 18.9 Å². The lowest BCUT2D eigenvalue weighted by Gasteiger charge is -2.38. The molecule has 0 spiro atoms. The van der Waals surface area contributed by atoms with Crippen LogP contribution < -0.4 is 15.8 Å². The molecule has 10 nitrogen and oxygen atoms in total. The zero-order valence-electron chi connectivity index (χ0n) is 26.4. The van der Waals surface area contributed by atoms with E-state index in [4.69, 9.17) is 27.5 Å². The number of amides is 4. The van der Waals surface area contributed by atoms with E-state index < -0.39 is 36.1 Å². The Balaban J connectivity index is 0.000000322. The van der Waals surface area contributed by atoms with Gasteiger partial charge in [0.2, 0.25) is 12.3 Å². The van der Waals surface area contributed by atoms with E-state index in [-0.39, 0.29) is 29.8 Å². The smallest absolute Gasteiger partial charge is 0.410 e. The molecule has 250 valence electrons. The van der Waals surface area contributed by atoms with Crippen LogP contribution in [0.2, 0.25) is 5.02 Å². The van der Waals surface area contributed by atoms with E-state index in [2.05, 4.69) is 5.32 Å². The van der Waals surface area contributed by atoms with E-state index in [9.17, 15) is 32.3 Å². The number of allylic oxidation sites excluding steroid dienone is 1. The summed E-state index contributed by atoms with van der Waals surface area (Å²) in [7, 11) is 1.11. The molecule has 1 aliphatic rings. The highest BCUT2D eigenvalue weighted by molar-refractivity contribution is 6.30. The van der Waals surface area contributed by atoms with Crippen molar-refractivity contribution in [3.8, 4) is 5.75 Å². The molecule has 0 radical (unpaired) electrons. The topological polar surface area (TPSA) is 146 Å². The number of rotatable bonds is 10. The van der Waals surface area contributed by atoms with Crippen molar-refractivity contribution in [3.63, 3.8) is 0 Å². The third kappa shape index (κ3) is 10.3. The normalized spacial score (nSPS) is 17.0. The van der Waals surface area contributed by atoms with Crippen LogP contribution in [0.15, 0.2) is 54.3 Å². The number of carbonyl (C=O) groups excluding carboxylic acids is 4. The van der Waals surface area contributed by atoms with Crippen LogP contribution in [-0.4, -0.2) is 71.0 Å². The van der Waals surface area contributed by atoms with Crippen LogP contribution in [-0.2, 0) is 14.4 Å². The second kappa shape index (κ2) is 16.3. The van der Waals surface area contributed by atoms with Crippen LogP contribution in [0, 0.1) is 12.3 Å². The monoisotopic (exact) mass is 665 g/mol. The first kappa shape index (κ1) is 37.8. The van der Waals surface area contributed by atoms with Gasteiger partial charge in [-0.3, -0.25) is 19.2 Å². The molecule has 4 N–H and O–H groups in total. The summed E-state index contributed by atoms with van der Waals surface area (Å²) in [5, 5.41) is 10.6. The molecule has 2 aromatic rings. The molecule has 0 aliphatic carbocycles. The van der Waals surface area contributed by atoms with Crippen molar-refractivity contribution < 1.29 is 37.1 Å². The van der Waals surface area contributed by atoms with E-state index in [1.807, 2.05) is 13.8 Å². The number of ether oxygens (including phenoxy) is 1. The van der Waals surface area contributed by atoms with Gasteiger partial charge in [0, 0.05) is 42.4 Å². The van der Waals surface area contributed by atoms with Crippen LogP contribution in [0.1, 0.15) is 68.1 Å². The Labute approximate surface area is 271 Å². The predicted molar refractivity (Wildman–Crippen MR) is 168 cm³/mol. The second-order valence-corrected chi connectivity index (χ2v) is 11.6. The number of carbonyl (C=O) groups is 4. The number of primary amides is 1. The minimum Gasteiger partial charge on any atom is -0.451 e. The predicted octanol–water partition coefficient (Wildman–Crippen LogP) is 5.33. The number of hydrogen-bond donors (Lipinski definition) is 3. The van der Waals surface area contributed by atoms with Crippen molar-refractivity contribution in [2.45, 2.75) is 77.8 Å². The van der Waals surface area contributed by atoms with Crippen molar-refractivity contribution in [3.05, 3.63) is 76.0 Å². The molecule has 46 heavy (non-hydrogen) atoms. The maximum absolute atomic E-state index is 13.5. The molecule has 3 rings (SSSR count). The number of hydrogen-bond acceptors (Lipinski definition) is 6. The van der Waals surface area contributed by atoms with Gasteiger partial charge in [-0.1, -0.05) is 23.7 Å². The summed E-state index contributed by atoms with van der Waals surface area (Å²) in [6, 6.07) is 7.99. The summed E-state index contributed by atoms with van der Waals surface area (Å²) < 4.78 is 46.0. The fourth-order valence-electron chi connectivity index (χ4n) is 4.99. The molecule has 1 saturated heterocycles. The lowest BCUT2D eigenvalue weighted by molar-refractivity contribution is -0.198. The largest absolute Gasteiger partial charge is 0.451 e. The van der Waals surface area contributed by atoms with Gasteiger partial charge in [-0.05, 0) is 82.0 Å². The van der Waals surface area contributed by atoms with E-state index in [1.165, 1.54) is 13.0 Å². The Hall–Kier alpha value is -4.39. The molecule has 1 heterocycles. The van der Waals surface area contributed by atoms with Crippen molar-refractivity contribution >= 4 is 41.4 Å². The van der Waals surface area contributed by atoms with Crippen molar-refractivity contribution in [1.29, 1.82) is 5.41 Å². The van der Waals surface area contributed by atoms with Gasteiger partial charge in [0.25, 0.3) is 11.8 Å². The van der Waals surface area contributed by atoms with Gasteiger partial charge in [0.15, 0.2) is 5.76 Å². The van der Waals surface area contributed by atoms with Gasteiger partial charge < -0.3 is 31.0 Å². The highest BCUT2D eigenvalue weighted by atomic mass is 35.5. The molecule has 0 aromatic heterocycles. The number of nitrogens with zero attached hydrogens (tertiary/aromatic N) is 2. The van der Waals surface area contributed by atoms with Crippen molar-refractivity contribution in [2.75, 3.05) is 7.05 Å². The first-order chi connectivity index (χ1) is 21.4. The average Bonchev–Trinajstić information content (AvgIpc) is 3.35. The van der Waals surface area contributed by atoms with Crippen molar-refractivity contribution in [1.82, 2.24) is 15.1 Å². The number of likely N-dealkylation sites (N-methyl/N-ethyl adjacent to an activating group) is 1. The minimum absolute atomic E-state index is 0.0451.